The van der Waals surface area contributed by atoms with Crippen LogP contribution in [-0.2, 0) is 0 Å². The molecular weight excluding hydrogens is 500 g/mol. The van der Waals surface area contributed by atoms with Crippen molar-refractivity contribution in [1.29, 1.82) is 0 Å². The van der Waals surface area contributed by atoms with Crippen molar-refractivity contribution in [2.75, 3.05) is 4.90 Å². The van der Waals surface area contributed by atoms with Crippen LogP contribution in [-0.4, -0.2) is 34.4 Å². The molecule has 0 aliphatic carbocycles. The zero-order valence-electron chi connectivity index (χ0n) is 21.2. The topological polar surface area (TPSA) is 74.5 Å². The molecule has 6 nitrogen and oxygen atoms in total. The van der Waals surface area contributed by atoms with Gasteiger partial charge in [-0.05, 0) is 35.2 Å². The summed E-state index contributed by atoms with van der Waals surface area (Å²) >= 11 is 0. The van der Waals surface area contributed by atoms with Crippen LogP contribution >= 0.6 is 0 Å². The minimum Gasteiger partial charge on any atom is -0.316 e. The second-order valence-corrected chi connectivity index (χ2v) is 9.95. The molecule has 0 N–H and O–H groups in total. The van der Waals surface area contributed by atoms with E-state index in [2.05, 4.69) is 0 Å². The number of carbonyl (C=O) groups excluding carboxylic acids is 4. The summed E-state index contributed by atoms with van der Waals surface area (Å²) in [5, 5.41) is 1.70. The molecular formula is C34H22N2O4. The number of nitrogens with zero attached hydrogens (tertiary/aromatic N) is 2. The third kappa shape index (κ3) is 3.65. The van der Waals surface area contributed by atoms with E-state index in [1.165, 1.54) is 17.0 Å². The molecule has 7 rings (SSSR count). The maximum absolute atomic E-state index is 13.8. The van der Waals surface area contributed by atoms with Crippen LogP contribution in [0.5, 0.6) is 0 Å². The van der Waals surface area contributed by atoms with Gasteiger partial charge in [0.2, 0.25) is 0 Å². The van der Waals surface area contributed by atoms with Crippen molar-refractivity contribution in [2.45, 2.75) is 12.1 Å². The average Bonchev–Trinajstić information content (AvgIpc) is 3.71. The predicted molar refractivity (Wildman–Crippen MR) is 151 cm³/mol. The summed E-state index contributed by atoms with van der Waals surface area (Å²) < 4.78 is 0. The molecule has 0 saturated carbocycles. The SMILES string of the molecule is O=C(c1ccccc1)[C@@H]1[C@@H](c2ccccc2)N1C(=O)c1ccc2c(c1)C(=O)N(c1cccc3ccccc13)C2=O. The lowest BCUT2D eigenvalue weighted by atomic mass is 10.0. The highest BCUT2D eigenvalue weighted by atomic mass is 16.2. The molecule has 40 heavy (non-hydrogen) atoms. The molecule has 2 aliphatic heterocycles. The van der Waals surface area contributed by atoms with Crippen LogP contribution in [0.2, 0.25) is 0 Å². The van der Waals surface area contributed by atoms with E-state index < -0.39 is 23.9 Å². The van der Waals surface area contributed by atoms with Gasteiger partial charge in [-0.15, -0.1) is 0 Å². The first-order valence-corrected chi connectivity index (χ1v) is 13.0. The Balaban J connectivity index is 1.23. The van der Waals surface area contributed by atoms with Crippen LogP contribution in [0, 0.1) is 0 Å². The maximum atomic E-state index is 13.8. The molecule has 3 amide bonds. The molecule has 5 aromatic carbocycles. The highest BCUT2D eigenvalue weighted by Crippen LogP contribution is 2.46. The van der Waals surface area contributed by atoms with E-state index in [-0.39, 0.29) is 28.4 Å². The zero-order chi connectivity index (χ0) is 27.4. The lowest BCUT2D eigenvalue weighted by Crippen LogP contribution is -2.29. The van der Waals surface area contributed by atoms with Crippen molar-refractivity contribution in [2.24, 2.45) is 0 Å². The van der Waals surface area contributed by atoms with Crippen LogP contribution < -0.4 is 4.90 Å². The third-order valence-corrected chi connectivity index (χ3v) is 7.65. The van der Waals surface area contributed by atoms with Gasteiger partial charge in [0.05, 0.1) is 22.9 Å². The molecule has 2 atom stereocenters. The van der Waals surface area contributed by atoms with E-state index in [4.69, 9.17) is 0 Å². The first-order valence-electron chi connectivity index (χ1n) is 13.0. The fraction of sp³-hybridized carbons (Fsp3) is 0.0588. The highest BCUT2D eigenvalue weighted by molar-refractivity contribution is 6.36. The van der Waals surface area contributed by atoms with Crippen LogP contribution in [0.15, 0.2) is 121 Å². The number of rotatable bonds is 5. The highest BCUT2D eigenvalue weighted by Gasteiger charge is 2.56. The number of hydrogen-bond acceptors (Lipinski definition) is 4. The summed E-state index contributed by atoms with van der Waals surface area (Å²) in [6.45, 7) is 0. The number of Topliss-reactive ketones (excluding diaryl/α,β-unsaturated/α-hetero) is 1. The quantitative estimate of drug-likeness (QED) is 0.159. The van der Waals surface area contributed by atoms with E-state index in [1.807, 2.05) is 72.8 Å². The number of imide groups is 1. The fourth-order valence-electron chi connectivity index (χ4n) is 5.66. The van der Waals surface area contributed by atoms with Crippen molar-refractivity contribution in [3.05, 3.63) is 149 Å². The van der Waals surface area contributed by atoms with Crippen molar-refractivity contribution >= 4 is 40.0 Å². The van der Waals surface area contributed by atoms with Gasteiger partial charge in [0, 0.05) is 16.5 Å². The summed E-state index contributed by atoms with van der Waals surface area (Å²) in [6, 6.07) is 34.9. The monoisotopic (exact) mass is 522 g/mol. The van der Waals surface area contributed by atoms with Gasteiger partial charge in [-0.2, -0.15) is 0 Å². The molecule has 1 fully saturated rings. The maximum Gasteiger partial charge on any atom is 0.266 e. The summed E-state index contributed by atoms with van der Waals surface area (Å²) in [5.74, 6) is -1.41. The Morgan fingerprint density at radius 2 is 1.25 bits per heavy atom. The first kappa shape index (κ1) is 23.7. The van der Waals surface area contributed by atoms with Gasteiger partial charge in [0.25, 0.3) is 17.7 Å². The third-order valence-electron chi connectivity index (χ3n) is 7.65. The lowest BCUT2D eigenvalue weighted by molar-refractivity contribution is 0.0833. The van der Waals surface area contributed by atoms with Crippen molar-refractivity contribution < 1.29 is 19.2 Å². The van der Waals surface area contributed by atoms with Gasteiger partial charge in [-0.25, -0.2) is 4.90 Å². The average molecular weight is 523 g/mol. The largest absolute Gasteiger partial charge is 0.316 e. The predicted octanol–water partition coefficient (Wildman–Crippen LogP) is 6.09. The Hall–Kier alpha value is -5.36. The van der Waals surface area contributed by atoms with E-state index in [0.717, 1.165) is 16.3 Å². The minimum absolute atomic E-state index is 0.141. The Morgan fingerprint density at radius 3 is 2.02 bits per heavy atom. The molecule has 0 unspecified atom stereocenters. The second kappa shape index (κ2) is 9.13. The number of anilines is 1. The molecule has 0 aromatic heterocycles. The van der Waals surface area contributed by atoms with Crippen LogP contribution in [0.25, 0.3) is 10.8 Å². The fourth-order valence-corrected chi connectivity index (χ4v) is 5.66. The Labute approximate surface area is 230 Å². The molecule has 0 radical (unpaired) electrons. The Morgan fingerprint density at radius 1 is 0.600 bits per heavy atom. The zero-order valence-corrected chi connectivity index (χ0v) is 21.2. The Kier molecular flexibility index (Phi) is 5.42. The van der Waals surface area contributed by atoms with Crippen LogP contribution in [0.1, 0.15) is 53.0 Å². The first-order chi connectivity index (χ1) is 19.5. The number of benzene rings is 5. The molecule has 1 saturated heterocycles. The number of carbonyl (C=O) groups is 4. The summed E-state index contributed by atoms with van der Waals surface area (Å²) in [5.41, 5.74) is 2.57. The lowest BCUT2D eigenvalue weighted by Gasteiger charge is -2.16. The van der Waals surface area contributed by atoms with E-state index in [0.29, 0.717) is 11.3 Å². The molecule has 5 aromatic rings. The van der Waals surface area contributed by atoms with Gasteiger partial charge in [-0.1, -0.05) is 97.1 Å². The molecule has 6 heteroatoms. The van der Waals surface area contributed by atoms with Gasteiger partial charge in [0.1, 0.15) is 6.04 Å². The molecule has 0 bridgehead atoms. The number of ketones is 1. The van der Waals surface area contributed by atoms with Crippen LogP contribution in [0.3, 0.4) is 0 Å². The van der Waals surface area contributed by atoms with Crippen molar-refractivity contribution in [3.63, 3.8) is 0 Å². The summed E-state index contributed by atoms with van der Waals surface area (Å²) in [7, 11) is 0. The minimum atomic E-state index is -0.657. The van der Waals surface area contributed by atoms with Crippen molar-refractivity contribution in [1.82, 2.24) is 4.90 Å². The van der Waals surface area contributed by atoms with Gasteiger partial charge >= 0.3 is 0 Å². The number of amides is 3. The Bertz CT molecular complexity index is 1840. The van der Waals surface area contributed by atoms with E-state index in [9.17, 15) is 19.2 Å². The molecule has 192 valence electrons. The summed E-state index contributed by atoms with van der Waals surface area (Å²) in [6.07, 6.45) is 0. The normalized spacial score (nSPS) is 17.7. The molecule has 2 heterocycles. The summed E-state index contributed by atoms with van der Waals surface area (Å²) in [4.78, 5) is 56.9. The van der Waals surface area contributed by atoms with Gasteiger partial charge in [-0.3, -0.25) is 19.2 Å². The van der Waals surface area contributed by atoms with E-state index >= 15 is 0 Å². The molecule has 2 aliphatic rings. The van der Waals surface area contributed by atoms with Crippen LogP contribution in [0.4, 0.5) is 5.69 Å². The molecule has 0 spiro atoms. The van der Waals surface area contributed by atoms with Gasteiger partial charge in [0.15, 0.2) is 5.78 Å². The van der Waals surface area contributed by atoms with Gasteiger partial charge < -0.3 is 4.90 Å². The number of fused-ring (bicyclic) bond motifs is 2. The second-order valence-electron chi connectivity index (χ2n) is 9.95. The van der Waals surface area contributed by atoms with Crippen molar-refractivity contribution in [3.8, 4) is 0 Å². The van der Waals surface area contributed by atoms with E-state index in [1.54, 1.807) is 41.3 Å². The smallest absolute Gasteiger partial charge is 0.266 e. The number of hydrogen-bond donors (Lipinski definition) is 0. The standard InChI is InChI=1S/C34H22N2O4/c37-31(23-13-5-2-6-14-23)30-29(22-11-3-1-4-12-22)36(30)32(38)24-18-19-26-27(20-24)34(40)35(33(26)39)28-17-9-15-21-10-7-8-16-25(21)28/h1-20,29-30H/t29-,30+,36?/m1/s1.